The highest BCUT2D eigenvalue weighted by Crippen LogP contribution is 2.25. The molecule has 0 bridgehead atoms. The fourth-order valence-electron chi connectivity index (χ4n) is 4.19. The molecular formula is C27H29BrFN5O2. The van der Waals surface area contributed by atoms with Gasteiger partial charge in [0.15, 0.2) is 0 Å². The molecule has 36 heavy (non-hydrogen) atoms. The van der Waals surface area contributed by atoms with Crippen molar-refractivity contribution in [3.05, 3.63) is 93.7 Å². The number of benzene rings is 3. The first-order chi connectivity index (χ1) is 17.5. The maximum absolute atomic E-state index is 14.2. The van der Waals surface area contributed by atoms with E-state index in [4.69, 9.17) is 5.73 Å². The number of halogens is 2. The number of hydrogen-bond acceptors (Lipinski definition) is 5. The fraction of sp³-hybridized carbons (Fsp3) is 0.259. The van der Waals surface area contributed by atoms with E-state index in [0.29, 0.717) is 59.7 Å². The maximum atomic E-state index is 14.2. The molecule has 0 aliphatic carbocycles. The van der Waals surface area contributed by atoms with Crippen LogP contribution in [0.15, 0.2) is 71.2 Å². The number of nitrogens with one attached hydrogen (secondary N) is 2. The van der Waals surface area contributed by atoms with Crippen molar-refractivity contribution in [2.75, 3.05) is 49.5 Å². The van der Waals surface area contributed by atoms with Crippen LogP contribution in [0.25, 0.3) is 0 Å². The maximum Gasteiger partial charge on any atom is 0.256 e. The molecule has 1 fully saturated rings. The topological polar surface area (TPSA) is 90.7 Å². The number of hydrogen-bond donors (Lipinski definition) is 3. The van der Waals surface area contributed by atoms with Crippen molar-refractivity contribution >= 4 is 39.1 Å². The number of piperazine rings is 1. The van der Waals surface area contributed by atoms with Gasteiger partial charge in [0.2, 0.25) is 0 Å². The van der Waals surface area contributed by atoms with Gasteiger partial charge in [-0.2, -0.15) is 0 Å². The van der Waals surface area contributed by atoms with Gasteiger partial charge in [0.25, 0.3) is 11.8 Å². The number of nitrogens with two attached hydrogens (primary N) is 1. The third-order valence-electron chi connectivity index (χ3n) is 6.13. The van der Waals surface area contributed by atoms with Gasteiger partial charge in [-0.1, -0.05) is 30.3 Å². The Morgan fingerprint density at radius 3 is 2.39 bits per heavy atom. The summed E-state index contributed by atoms with van der Waals surface area (Å²) in [6.45, 7) is 4.16. The molecule has 3 aromatic carbocycles. The van der Waals surface area contributed by atoms with Crippen LogP contribution < -0.4 is 21.3 Å². The van der Waals surface area contributed by atoms with E-state index >= 15 is 0 Å². The molecule has 1 saturated heterocycles. The van der Waals surface area contributed by atoms with Gasteiger partial charge in [-0.05, 0) is 57.9 Å². The van der Waals surface area contributed by atoms with E-state index in [-0.39, 0.29) is 17.6 Å². The molecule has 1 heterocycles. The molecular weight excluding hydrogens is 525 g/mol. The minimum absolute atomic E-state index is 0.216. The predicted molar refractivity (Wildman–Crippen MR) is 144 cm³/mol. The average molecular weight is 554 g/mol. The molecule has 7 nitrogen and oxygen atoms in total. The van der Waals surface area contributed by atoms with E-state index < -0.39 is 0 Å². The number of nitrogens with zero attached hydrogens (tertiary/aromatic N) is 2. The molecule has 0 aromatic heterocycles. The molecule has 0 radical (unpaired) electrons. The van der Waals surface area contributed by atoms with Crippen molar-refractivity contribution in [3.63, 3.8) is 0 Å². The summed E-state index contributed by atoms with van der Waals surface area (Å²) in [5.41, 5.74) is 8.54. The van der Waals surface area contributed by atoms with Gasteiger partial charge in [-0.15, -0.1) is 0 Å². The molecule has 0 unspecified atom stereocenters. The molecule has 3 aromatic rings. The van der Waals surface area contributed by atoms with Crippen LogP contribution in [0.5, 0.6) is 0 Å². The zero-order valence-corrected chi connectivity index (χ0v) is 21.4. The van der Waals surface area contributed by atoms with Crippen molar-refractivity contribution < 1.29 is 14.0 Å². The van der Waals surface area contributed by atoms with E-state index in [0.717, 1.165) is 18.7 Å². The number of para-hydroxylation sites is 1. The summed E-state index contributed by atoms with van der Waals surface area (Å²) >= 11 is 3.43. The van der Waals surface area contributed by atoms with E-state index in [1.54, 1.807) is 36.4 Å². The largest absolute Gasteiger partial charge is 0.367 e. The van der Waals surface area contributed by atoms with Crippen LogP contribution in [0.2, 0.25) is 0 Å². The lowest BCUT2D eigenvalue weighted by atomic mass is 10.1. The number of carbonyl (C=O) groups is 2. The Bertz CT molecular complexity index is 1230. The lowest BCUT2D eigenvalue weighted by molar-refractivity contribution is 0.0953. The minimum atomic E-state index is -0.271. The number of anilines is 2. The molecule has 4 N–H and O–H groups in total. The third-order valence-corrected chi connectivity index (χ3v) is 6.82. The Labute approximate surface area is 218 Å². The van der Waals surface area contributed by atoms with Crippen LogP contribution in [0.1, 0.15) is 26.3 Å². The molecule has 1 aliphatic rings. The van der Waals surface area contributed by atoms with Gasteiger partial charge in [0.05, 0.1) is 11.3 Å². The summed E-state index contributed by atoms with van der Waals surface area (Å²) in [6.07, 6.45) is 0. The van der Waals surface area contributed by atoms with Crippen molar-refractivity contribution in [1.82, 2.24) is 10.2 Å². The Morgan fingerprint density at radius 1 is 0.944 bits per heavy atom. The second kappa shape index (κ2) is 12.1. The second-order valence-corrected chi connectivity index (χ2v) is 9.42. The van der Waals surface area contributed by atoms with Crippen LogP contribution >= 0.6 is 15.9 Å². The van der Waals surface area contributed by atoms with Crippen LogP contribution in [0.4, 0.5) is 15.8 Å². The number of rotatable bonds is 8. The minimum Gasteiger partial charge on any atom is -0.367 e. The highest BCUT2D eigenvalue weighted by Gasteiger charge is 2.21. The van der Waals surface area contributed by atoms with Crippen LogP contribution in [0, 0.1) is 5.82 Å². The monoisotopic (exact) mass is 553 g/mol. The third kappa shape index (κ3) is 6.29. The van der Waals surface area contributed by atoms with Crippen LogP contribution in [-0.4, -0.2) is 56.0 Å². The van der Waals surface area contributed by atoms with Crippen molar-refractivity contribution in [1.29, 1.82) is 0 Å². The molecule has 188 valence electrons. The molecule has 0 atom stereocenters. The Kier molecular flexibility index (Phi) is 8.69. The Balaban J connectivity index is 1.51. The highest BCUT2D eigenvalue weighted by atomic mass is 79.9. The molecule has 1 aliphatic heterocycles. The first-order valence-corrected chi connectivity index (χ1v) is 12.6. The predicted octanol–water partition coefficient (Wildman–Crippen LogP) is 3.85. The van der Waals surface area contributed by atoms with Gasteiger partial charge in [-0.25, -0.2) is 4.39 Å². The summed E-state index contributed by atoms with van der Waals surface area (Å²) < 4.78 is 14.9. The Hall–Kier alpha value is -3.27. The summed E-state index contributed by atoms with van der Waals surface area (Å²) in [5.74, 6) is -0.735. The SMILES string of the molecule is NCCNC(=O)c1ccc(CN2CCN(c3ccccc3F)CC2)c(NC(=O)c2ccccc2Br)c1. The smallest absolute Gasteiger partial charge is 0.256 e. The summed E-state index contributed by atoms with van der Waals surface area (Å²) in [4.78, 5) is 29.9. The molecule has 4 rings (SSSR count). The Morgan fingerprint density at radius 2 is 1.67 bits per heavy atom. The van der Waals surface area contributed by atoms with Crippen molar-refractivity contribution in [2.24, 2.45) is 5.73 Å². The van der Waals surface area contributed by atoms with Gasteiger partial charge < -0.3 is 21.3 Å². The molecule has 0 spiro atoms. The van der Waals surface area contributed by atoms with E-state index in [2.05, 4.69) is 31.5 Å². The average Bonchev–Trinajstić information content (AvgIpc) is 2.89. The standard InChI is InChI=1S/C27H29BrFN5O2/c28-22-6-2-1-5-21(22)27(36)32-24-17-19(26(35)31-12-11-30)9-10-20(24)18-33-13-15-34(16-14-33)25-8-4-3-7-23(25)29/h1-10,17H,11-16,18,30H2,(H,31,35)(H,32,36). The van der Waals surface area contributed by atoms with E-state index in [1.165, 1.54) is 6.07 Å². The van der Waals surface area contributed by atoms with Gasteiger partial charge in [0, 0.05) is 61.5 Å². The fourth-order valence-corrected chi connectivity index (χ4v) is 4.66. The van der Waals surface area contributed by atoms with E-state index in [1.807, 2.05) is 29.2 Å². The number of amides is 2. The van der Waals surface area contributed by atoms with Gasteiger partial charge in [0.1, 0.15) is 5.82 Å². The molecule has 9 heteroatoms. The summed E-state index contributed by atoms with van der Waals surface area (Å²) in [7, 11) is 0. The normalized spacial score (nSPS) is 13.9. The summed E-state index contributed by atoms with van der Waals surface area (Å²) in [6, 6.07) is 19.3. The first kappa shape index (κ1) is 25.8. The lowest BCUT2D eigenvalue weighted by Crippen LogP contribution is -2.46. The zero-order chi connectivity index (χ0) is 25.5. The van der Waals surface area contributed by atoms with Crippen molar-refractivity contribution in [3.8, 4) is 0 Å². The van der Waals surface area contributed by atoms with Crippen LogP contribution in [0.3, 0.4) is 0 Å². The molecule has 0 saturated carbocycles. The summed E-state index contributed by atoms with van der Waals surface area (Å²) in [5, 5.41) is 5.76. The van der Waals surface area contributed by atoms with Gasteiger partial charge >= 0.3 is 0 Å². The zero-order valence-electron chi connectivity index (χ0n) is 19.8. The van der Waals surface area contributed by atoms with Crippen LogP contribution in [-0.2, 0) is 6.54 Å². The number of carbonyl (C=O) groups excluding carboxylic acids is 2. The van der Waals surface area contributed by atoms with Gasteiger partial charge in [-0.3, -0.25) is 14.5 Å². The molecule has 2 amide bonds. The van der Waals surface area contributed by atoms with Crippen molar-refractivity contribution in [2.45, 2.75) is 6.54 Å². The first-order valence-electron chi connectivity index (χ1n) is 11.8. The highest BCUT2D eigenvalue weighted by molar-refractivity contribution is 9.10. The lowest BCUT2D eigenvalue weighted by Gasteiger charge is -2.36. The quantitative estimate of drug-likeness (QED) is 0.394. The van der Waals surface area contributed by atoms with E-state index in [9.17, 15) is 14.0 Å². The second-order valence-electron chi connectivity index (χ2n) is 8.57.